The normalized spacial score (nSPS) is 15.8. The van der Waals surface area contributed by atoms with Crippen molar-refractivity contribution in [3.05, 3.63) is 0 Å². The van der Waals surface area contributed by atoms with E-state index < -0.39 is 0 Å². The van der Waals surface area contributed by atoms with Crippen LogP contribution in [0.1, 0.15) is 0 Å². The smallest absolute Gasteiger partial charge is 0.0354 e. The van der Waals surface area contributed by atoms with Gasteiger partial charge in [0.25, 0.3) is 0 Å². The van der Waals surface area contributed by atoms with Gasteiger partial charge in [0.2, 0.25) is 0 Å². The maximum absolute atomic E-state index is 3.90. The summed E-state index contributed by atoms with van der Waals surface area (Å²) < 4.78 is 3.90. The van der Waals surface area contributed by atoms with Gasteiger partial charge in [-0.2, -0.15) is 0 Å². The maximum Gasteiger partial charge on any atom is 0.0354 e. The fourth-order valence-corrected chi connectivity index (χ4v) is 0. The molecule has 0 aromatic carbocycles. The van der Waals surface area contributed by atoms with E-state index in [0.29, 0.717) is 0 Å². The Labute approximate surface area is 46.8 Å². The molecule has 0 radical (unpaired) electrons. The summed E-state index contributed by atoms with van der Waals surface area (Å²) in [5, 5.41) is 0. The van der Waals surface area contributed by atoms with Crippen LogP contribution >= 0.6 is 21.2 Å². The minimum atomic E-state index is 0.272. The van der Waals surface area contributed by atoms with Crippen molar-refractivity contribution >= 4 is 29.1 Å². The van der Waals surface area contributed by atoms with E-state index in [0.717, 1.165) is 0 Å². The Balaban J connectivity index is 3.14. The molecule has 5 heavy (non-hydrogen) atoms. The first kappa shape index (κ1) is 5.88. The second-order valence-corrected chi connectivity index (χ2v) is 5.59. The highest BCUT2D eigenvalue weighted by Crippen LogP contribution is 1.89. The Bertz CT molecular complexity index is 47.6. The maximum atomic E-state index is 3.90. The number of rotatable bonds is 0. The summed E-state index contributed by atoms with van der Waals surface area (Å²) in [6.07, 6.45) is 2.07. The molecule has 0 aliphatic rings. The lowest BCUT2D eigenvalue weighted by atomic mass is 11.6. The Morgan fingerprint density at radius 3 is 2.00 bits per heavy atom. The first-order valence-corrected chi connectivity index (χ1v) is 5.32. The highest BCUT2D eigenvalue weighted by atomic mass is 127. The van der Waals surface area contributed by atoms with E-state index in [-0.39, 0.29) is 7.86 Å². The van der Waals surface area contributed by atoms with Crippen LogP contribution in [0.3, 0.4) is 0 Å². The Hall–Kier alpha value is 0.880. The molecule has 0 heterocycles. The summed E-state index contributed by atoms with van der Waals surface area (Å²) in [4.78, 5) is 0. The molecule has 0 amide bonds. The van der Waals surface area contributed by atoms with Crippen molar-refractivity contribution in [2.75, 3.05) is 13.3 Å². The van der Waals surface area contributed by atoms with Crippen LogP contribution < -0.4 is 0 Å². The summed E-state index contributed by atoms with van der Waals surface area (Å²) in [6, 6.07) is 0. The zero-order valence-corrected chi connectivity index (χ0v) is 6.21. The summed E-state index contributed by atoms with van der Waals surface area (Å²) >= 11 is 2.27. The third-order valence-corrected chi connectivity index (χ3v) is 1.94. The standard InChI is InChI=1S/C2H6INS/c1-4-5(2)3/h1-2H3. The highest BCUT2D eigenvalue weighted by Gasteiger charge is 1.61. The van der Waals surface area contributed by atoms with E-state index in [9.17, 15) is 0 Å². The van der Waals surface area contributed by atoms with E-state index in [4.69, 9.17) is 0 Å². The largest absolute Gasteiger partial charge is 0.258 e. The molecule has 0 aliphatic carbocycles. The molecule has 0 saturated heterocycles. The Kier molecular flexibility index (Phi) is 3.63. The number of hydrogen-bond acceptors (Lipinski definition) is 1. The molecule has 1 unspecified atom stereocenters. The first-order valence-electron chi connectivity index (χ1n) is 1.19. The third kappa shape index (κ3) is 4.88. The van der Waals surface area contributed by atoms with Gasteiger partial charge >= 0.3 is 0 Å². The summed E-state index contributed by atoms with van der Waals surface area (Å²) in [7, 11) is 2.10. The average molecular weight is 203 g/mol. The SMILES string of the molecule is CN=S(C)I. The lowest BCUT2D eigenvalue weighted by molar-refractivity contribution is 1.52. The molecule has 3 heteroatoms. The van der Waals surface area contributed by atoms with Crippen molar-refractivity contribution in [1.82, 2.24) is 0 Å². The van der Waals surface area contributed by atoms with E-state index >= 15 is 0 Å². The van der Waals surface area contributed by atoms with Gasteiger partial charge in [-0.15, -0.1) is 0 Å². The second kappa shape index (κ2) is 3.08. The summed E-state index contributed by atoms with van der Waals surface area (Å²) in [5.74, 6) is 0. The van der Waals surface area contributed by atoms with Crippen LogP contribution in [0.4, 0.5) is 0 Å². The molecule has 1 atom stereocenters. The molecular weight excluding hydrogens is 197 g/mol. The molecule has 0 rings (SSSR count). The predicted molar refractivity (Wildman–Crippen MR) is 35.7 cm³/mol. The van der Waals surface area contributed by atoms with Crippen molar-refractivity contribution in [2.24, 2.45) is 4.36 Å². The molecular formula is C2H6INS. The molecule has 0 spiro atoms. The van der Waals surface area contributed by atoms with Crippen molar-refractivity contribution in [2.45, 2.75) is 0 Å². The second-order valence-electron chi connectivity index (χ2n) is 0.588. The average Bonchev–Trinajstić information content (AvgIpc) is 1.38. The molecule has 0 fully saturated rings. The molecule has 32 valence electrons. The number of nitrogens with zero attached hydrogens (tertiary/aromatic N) is 1. The lowest BCUT2D eigenvalue weighted by Gasteiger charge is -1.74. The Morgan fingerprint density at radius 2 is 2.00 bits per heavy atom. The van der Waals surface area contributed by atoms with Gasteiger partial charge in [0.15, 0.2) is 0 Å². The Morgan fingerprint density at radius 1 is 1.80 bits per heavy atom. The summed E-state index contributed by atoms with van der Waals surface area (Å²) in [6.45, 7) is 0. The van der Waals surface area contributed by atoms with Gasteiger partial charge in [0.05, 0.1) is 0 Å². The fourth-order valence-electron chi connectivity index (χ4n) is 0. The van der Waals surface area contributed by atoms with Gasteiger partial charge in [0.1, 0.15) is 0 Å². The van der Waals surface area contributed by atoms with Crippen LogP contribution in [0.25, 0.3) is 0 Å². The topological polar surface area (TPSA) is 12.4 Å². The van der Waals surface area contributed by atoms with E-state index in [1.807, 2.05) is 7.05 Å². The number of halogens is 1. The van der Waals surface area contributed by atoms with Crippen molar-refractivity contribution in [3.63, 3.8) is 0 Å². The van der Waals surface area contributed by atoms with Crippen molar-refractivity contribution in [3.8, 4) is 0 Å². The van der Waals surface area contributed by atoms with E-state index in [1.54, 1.807) is 0 Å². The summed E-state index contributed by atoms with van der Waals surface area (Å²) in [5.41, 5.74) is 0. The van der Waals surface area contributed by atoms with Crippen LogP contribution in [-0.2, 0) is 7.86 Å². The molecule has 0 aliphatic heterocycles. The van der Waals surface area contributed by atoms with Crippen molar-refractivity contribution in [1.29, 1.82) is 0 Å². The van der Waals surface area contributed by atoms with Gasteiger partial charge in [-0.25, -0.2) is 0 Å². The van der Waals surface area contributed by atoms with Crippen LogP contribution in [0.15, 0.2) is 4.36 Å². The molecule has 1 nitrogen and oxygen atoms in total. The molecule has 0 aromatic rings. The van der Waals surface area contributed by atoms with Gasteiger partial charge in [0, 0.05) is 34.5 Å². The first-order chi connectivity index (χ1) is 2.27. The molecule has 0 saturated carbocycles. The van der Waals surface area contributed by atoms with Crippen LogP contribution in [-0.4, -0.2) is 13.3 Å². The van der Waals surface area contributed by atoms with E-state index in [2.05, 4.69) is 31.8 Å². The van der Waals surface area contributed by atoms with Gasteiger partial charge in [-0.05, 0) is 7.86 Å². The molecule has 0 N–H and O–H groups in total. The zero-order chi connectivity index (χ0) is 4.28. The highest BCUT2D eigenvalue weighted by molar-refractivity contribution is 14.2. The van der Waals surface area contributed by atoms with Crippen molar-refractivity contribution < 1.29 is 0 Å². The van der Waals surface area contributed by atoms with Gasteiger partial charge < -0.3 is 0 Å². The quantitative estimate of drug-likeness (QED) is 0.527. The molecule has 0 aromatic heterocycles. The van der Waals surface area contributed by atoms with E-state index in [1.165, 1.54) is 0 Å². The predicted octanol–water partition coefficient (Wildman–Crippen LogP) is 1.40. The lowest BCUT2D eigenvalue weighted by Crippen LogP contribution is -1.59. The molecule has 0 bridgehead atoms. The fraction of sp³-hybridized carbons (Fsp3) is 1.00. The zero-order valence-electron chi connectivity index (χ0n) is 3.23. The van der Waals surface area contributed by atoms with Gasteiger partial charge in [-0.1, -0.05) is 0 Å². The monoisotopic (exact) mass is 203 g/mol. The minimum absolute atomic E-state index is 0.272. The van der Waals surface area contributed by atoms with Crippen LogP contribution in [0.5, 0.6) is 0 Å². The van der Waals surface area contributed by atoms with Crippen LogP contribution in [0, 0.1) is 0 Å². The van der Waals surface area contributed by atoms with Gasteiger partial charge in [-0.3, -0.25) is 4.36 Å². The third-order valence-electron chi connectivity index (χ3n) is 0.252. The number of hydrogen-bond donors (Lipinski definition) is 0. The van der Waals surface area contributed by atoms with Crippen LogP contribution in [0.2, 0.25) is 0 Å². The minimum Gasteiger partial charge on any atom is -0.258 e.